The lowest BCUT2D eigenvalue weighted by Crippen LogP contribution is -2.36. The minimum absolute atomic E-state index is 0.210. The van der Waals surface area contributed by atoms with Gasteiger partial charge in [0, 0.05) is 18.7 Å². The second kappa shape index (κ2) is 5.77. The fraction of sp³-hybridized carbons (Fsp3) is 0.533. The molecule has 0 atom stereocenters. The van der Waals surface area contributed by atoms with Crippen LogP contribution in [-0.2, 0) is 10.0 Å². The molecule has 3 rings (SSSR count). The highest BCUT2D eigenvalue weighted by molar-refractivity contribution is 7.90. The molecule has 0 aliphatic carbocycles. The lowest BCUT2D eigenvalue weighted by molar-refractivity contribution is 0.214. The van der Waals surface area contributed by atoms with Crippen molar-refractivity contribution in [3.05, 3.63) is 29.8 Å². The molecule has 1 aromatic rings. The summed E-state index contributed by atoms with van der Waals surface area (Å²) < 4.78 is 26.7. The normalized spacial score (nSPS) is 24.0. The Labute approximate surface area is 126 Å². The van der Waals surface area contributed by atoms with Crippen LogP contribution in [-0.4, -0.2) is 44.8 Å². The van der Waals surface area contributed by atoms with E-state index in [1.807, 2.05) is 12.1 Å². The Morgan fingerprint density at radius 2 is 2.00 bits per heavy atom. The monoisotopic (exact) mass is 307 g/mol. The van der Waals surface area contributed by atoms with Gasteiger partial charge in [0.05, 0.1) is 10.9 Å². The maximum atomic E-state index is 12.0. The summed E-state index contributed by atoms with van der Waals surface area (Å²) in [7, 11) is -3.42. The summed E-state index contributed by atoms with van der Waals surface area (Å²) in [5, 5.41) is 0. The van der Waals surface area contributed by atoms with Crippen molar-refractivity contribution in [1.82, 2.24) is 9.62 Å². The number of benzene rings is 1. The van der Waals surface area contributed by atoms with Crippen LogP contribution in [0.2, 0.25) is 0 Å². The average molecular weight is 307 g/mol. The zero-order valence-electron chi connectivity index (χ0n) is 12.2. The van der Waals surface area contributed by atoms with Gasteiger partial charge in [-0.25, -0.2) is 8.42 Å². The molecule has 21 heavy (non-hydrogen) atoms. The number of amidine groups is 1. The van der Waals surface area contributed by atoms with Crippen molar-refractivity contribution < 1.29 is 8.42 Å². The van der Waals surface area contributed by atoms with E-state index in [-0.39, 0.29) is 6.04 Å². The molecule has 0 saturated carbocycles. The quantitative estimate of drug-likeness (QED) is 0.922. The molecule has 2 aliphatic rings. The molecular formula is C15H21N3O2S. The highest BCUT2D eigenvalue weighted by Gasteiger charge is 2.31. The first kappa shape index (κ1) is 14.5. The van der Waals surface area contributed by atoms with Crippen LogP contribution in [0.25, 0.3) is 0 Å². The molecule has 0 radical (unpaired) electrons. The Kier molecular flexibility index (Phi) is 3.99. The van der Waals surface area contributed by atoms with E-state index in [9.17, 15) is 8.42 Å². The molecule has 1 N–H and O–H groups in total. The van der Waals surface area contributed by atoms with Crippen molar-refractivity contribution in [3.63, 3.8) is 0 Å². The van der Waals surface area contributed by atoms with Crippen LogP contribution >= 0.6 is 0 Å². The summed E-state index contributed by atoms with van der Waals surface area (Å²) in [6, 6.07) is 7.24. The second-order valence-electron chi connectivity index (χ2n) is 5.65. The first-order valence-electron chi connectivity index (χ1n) is 7.52. The Balaban J connectivity index is 1.77. The van der Waals surface area contributed by atoms with Crippen LogP contribution < -0.4 is 4.72 Å². The van der Waals surface area contributed by atoms with E-state index in [4.69, 9.17) is 0 Å². The average Bonchev–Trinajstić information content (AvgIpc) is 2.73. The Bertz CT molecular complexity index is 647. The number of hydrogen-bond acceptors (Lipinski definition) is 4. The lowest BCUT2D eigenvalue weighted by atomic mass is 10.1. The molecule has 5 nitrogen and oxygen atoms in total. The molecule has 6 heteroatoms. The van der Waals surface area contributed by atoms with Crippen LogP contribution in [0.3, 0.4) is 0 Å². The molecule has 0 spiro atoms. The zero-order chi connectivity index (χ0) is 14.9. The smallest absolute Gasteiger partial charge is 0.263 e. The summed E-state index contributed by atoms with van der Waals surface area (Å²) >= 11 is 0. The maximum Gasteiger partial charge on any atom is 0.263 e. The Morgan fingerprint density at radius 1 is 1.29 bits per heavy atom. The molecule has 0 unspecified atom stereocenters. The van der Waals surface area contributed by atoms with Crippen molar-refractivity contribution in [3.8, 4) is 0 Å². The van der Waals surface area contributed by atoms with Crippen molar-refractivity contribution >= 4 is 15.9 Å². The van der Waals surface area contributed by atoms with Gasteiger partial charge in [-0.15, -0.1) is 0 Å². The number of likely N-dealkylation sites (tertiary alicyclic amines) is 1. The highest BCUT2D eigenvalue weighted by Crippen LogP contribution is 2.24. The van der Waals surface area contributed by atoms with Crippen LogP contribution in [0, 0.1) is 0 Å². The van der Waals surface area contributed by atoms with Gasteiger partial charge in [0.1, 0.15) is 5.84 Å². The van der Waals surface area contributed by atoms with E-state index in [2.05, 4.69) is 21.5 Å². The fourth-order valence-electron chi connectivity index (χ4n) is 3.00. The zero-order valence-corrected chi connectivity index (χ0v) is 13.1. The van der Waals surface area contributed by atoms with Crippen LogP contribution in [0.4, 0.5) is 0 Å². The highest BCUT2D eigenvalue weighted by atomic mass is 32.2. The number of sulfonamides is 1. The largest absolute Gasteiger partial charge is 0.303 e. The number of hydrogen-bond donors (Lipinski definition) is 1. The molecule has 0 aromatic heterocycles. The molecule has 2 aliphatic heterocycles. The number of nitrogens with one attached hydrogen (secondary N) is 1. The topological polar surface area (TPSA) is 61.8 Å². The summed E-state index contributed by atoms with van der Waals surface area (Å²) in [5.41, 5.74) is 0.702. The van der Waals surface area contributed by atoms with Crippen molar-refractivity contribution in [2.45, 2.75) is 37.1 Å². The summed E-state index contributed by atoms with van der Waals surface area (Å²) in [4.78, 5) is 7.45. The number of fused-ring (bicyclic) bond motifs is 1. The van der Waals surface area contributed by atoms with Gasteiger partial charge in [-0.3, -0.25) is 9.71 Å². The first-order valence-corrected chi connectivity index (χ1v) is 9.01. The van der Waals surface area contributed by atoms with Gasteiger partial charge in [-0.1, -0.05) is 19.1 Å². The van der Waals surface area contributed by atoms with E-state index >= 15 is 0 Å². The summed E-state index contributed by atoms with van der Waals surface area (Å²) in [5.74, 6) is 0.513. The second-order valence-corrected chi connectivity index (χ2v) is 7.30. The predicted octanol–water partition coefficient (Wildman–Crippen LogP) is 1.60. The van der Waals surface area contributed by atoms with E-state index in [1.165, 1.54) is 6.42 Å². The molecule has 114 valence electrons. The van der Waals surface area contributed by atoms with Crippen molar-refractivity contribution in [1.29, 1.82) is 0 Å². The van der Waals surface area contributed by atoms with E-state index < -0.39 is 10.0 Å². The standard InChI is InChI=1S/C15H21N3O2S/c1-2-9-18-10-7-12(8-11-18)16-15-13-5-3-4-6-14(13)21(19,20)17-15/h3-6,12H,2,7-11H2,1H3,(H,16,17). The Morgan fingerprint density at radius 3 is 2.71 bits per heavy atom. The minimum Gasteiger partial charge on any atom is -0.303 e. The van der Waals surface area contributed by atoms with Gasteiger partial charge in [-0.05, 0) is 37.9 Å². The summed E-state index contributed by atoms with van der Waals surface area (Å²) in [6.45, 7) is 5.42. The van der Waals surface area contributed by atoms with Crippen molar-refractivity contribution in [2.75, 3.05) is 19.6 Å². The van der Waals surface area contributed by atoms with E-state index in [0.717, 1.165) is 32.5 Å². The number of nitrogens with zero attached hydrogens (tertiary/aromatic N) is 2. The fourth-order valence-corrected chi connectivity index (χ4v) is 4.24. The van der Waals surface area contributed by atoms with Gasteiger partial charge in [-0.2, -0.15) is 0 Å². The third kappa shape index (κ3) is 2.96. The number of rotatable bonds is 3. The van der Waals surface area contributed by atoms with Crippen LogP contribution in [0.5, 0.6) is 0 Å². The maximum absolute atomic E-state index is 12.0. The lowest BCUT2D eigenvalue weighted by Gasteiger charge is -2.29. The molecular weight excluding hydrogens is 286 g/mol. The van der Waals surface area contributed by atoms with E-state index in [1.54, 1.807) is 12.1 Å². The van der Waals surface area contributed by atoms with Gasteiger partial charge >= 0.3 is 0 Å². The molecule has 1 fully saturated rings. The first-order chi connectivity index (χ1) is 10.1. The molecule has 0 amide bonds. The van der Waals surface area contributed by atoms with Gasteiger partial charge in [0.25, 0.3) is 10.0 Å². The van der Waals surface area contributed by atoms with Gasteiger partial charge < -0.3 is 4.90 Å². The van der Waals surface area contributed by atoms with Gasteiger partial charge in [0.15, 0.2) is 0 Å². The number of piperidine rings is 1. The number of aliphatic imine (C=N–C) groups is 1. The minimum atomic E-state index is -3.42. The van der Waals surface area contributed by atoms with Crippen molar-refractivity contribution in [2.24, 2.45) is 4.99 Å². The Hall–Kier alpha value is -1.40. The molecule has 2 heterocycles. The summed E-state index contributed by atoms with van der Waals surface area (Å²) in [6.07, 6.45) is 3.16. The molecule has 1 saturated heterocycles. The SMILES string of the molecule is CCCN1CCC(N=C2NS(=O)(=O)c3ccccc32)CC1. The van der Waals surface area contributed by atoms with Crippen LogP contribution in [0.1, 0.15) is 31.7 Å². The predicted molar refractivity (Wildman–Crippen MR) is 83.1 cm³/mol. The molecule has 0 bridgehead atoms. The van der Waals surface area contributed by atoms with E-state index in [0.29, 0.717) is 16.3 Å². The third-order valence-corrected chi connectivity index (χ3v) is 5.47. The third-order valence-electron chi connectivity index (χ3n) is 4.07. The van der Waals surface area contributed by atoms with Crippen LogP contribution in [0.15, 0.2) is 34.2 Å². The van der Waals surface area contributed by atoms with Gasteiger partial charge in [0.2, 0.25) is 0 Å². The molecule has 1 aromatic carbocycles.